The minimum absolute atomic E-state index is 0.826. The second-order valence-corrected chi connectivity index (χ2v) is 2.59. The minimum Gasteiger partial charge on any atom is -0.276 e. The fraction of sp³-hybridized carbons (Fsp3) is 0.500. The van der Waals surface area contributed by atoms with Crippen LogP contribution in [-0.4, -0.2) is 18.6 Å². The third kappa shape index (κ3) is 3.98. The van der Waals surface area contributed by atoms with Crippen LogP contribution in [0.5, 0.6) is 0 Å². The Kier molecular flexibility index (Phi) is 3.25. The van der Waals surface area contributed by atoms with Crippen LogP contribution in [-0.2, 0) is 0 Å². The number of hydrogen-bond acceptors (Lipinski definition) is 0. The Balaban J connectivity index is 4.01. The van der Waals surface area contributed by atoms with Gasteiger partial charge in [0.2, 0.25) is 0 Å². The molecule has 0 amide bonds. The quantitative estimate of drug-likeness (QED) is 0.497. The van der Waals surface area contributed by atoms with Crippen molar-refractivity contribution >= 4 is 0 Å². The minimum atomic E-state index is 0.826. The van der Waals surface area contributed by atoms with E-state index in [2.05, 4.69) is 38.6 Å². The van der Waals surface area contributed by atoms with Crippen LogP contribution in [0.15, 0.2) is 24.6 Å². The van der Waals surface area contributed by atoms with Gasteiger partial charge in [-0.2, -0.15) is 0 Å². The summed E-state index contributed by atoms with van der Waals surface area (Å²) < 4.78 is 0.826. The van der Waals surface area contributed by atoms with Gasteiger partial charge in [-0.3, -0.25) is 4.48 Å². The van der Waals surface area contributed by atoms with E-state index >= 15 is 0 Å². The first kappa shape index (κ1) is 8.44. The Morgan fingerprint density at radius 1 is 0.889 bits per heavy atom. The Morgan fingerprint density at radius 2 is 1.22 bits per heavy atom. The number of nitrogens with zero attached hydrogens (tertiary/aromatic N) is 1. The van der Waals surface area contributed by atoms with Gasteiger partial charge in [0.15, 0.2) is 0 Å². The van der Waals surface area contributed by atoms with E-state index in [0.717, 1.165) is 4.48 Å². The summed E-state index contributed by atoms with van der Waals surface area (Å²) in [5.41, 5.74) is 0. The fourth-order valence-corrected chi connectivity index (χ4v) is 0.818. The maximum absolute atomic E-state index is 2.12. The van der Waals surface area contributed by atoms with Crippen molar-refractivity contribution in [2.45, 2.75) is 13.8 Å². The largest absolute Gasteiger partial charge is 0.276 e. The van der Waals surface area contributed by atoms with Crippen LogP contribution >= 0.6 is 0 Å². The van der Waals surface area contributed by atoms with Crippen molar-refractivity contribution in [1.29, 1.82) is 0 Å². The van der Waals surface area contributed by atoms with Crippen LogP contribution in [0.1, 0.15) is 13.8 Å². The summed E-state index contributed by atoms with van der Waals surface area (Å²) in [6, 6.07) is 0. The summed E-state index contributed by atoms with van der Waals surface area (Å²) in [6.07, 6.45) is 8.36. The van der Waals surface area contributed by atoms with Crippen molar-refractivity contribution in [2.24, 2.45) is 0 Å². The standard InChI is InChI=1S/C8H16N/c1-5-7-9(3,4)8-6-2/h5-8H,1-4H3/q+1/b7-5+,8-6+. The maximum Gasteiger partial charge on any atom is 0.0956 e. The summed E-state index contributed by atoms with van der Waals surface area (Å²) in [6.45, 7) is 4.06. The molecule has 0 aromatic rings. The lowest BCUT2D eigenvalue weighted by molar-refractivity contribution is -0.784. The summed E-state index contributed by atoms with van der Waals surface area (Å²) in [7, 11) is 4.25. The second-order valence-electron chi connectivity index (χ2n) is 2.59. The molecule has 52 valence electrons. The van der Waals surface area contributed by atoms with E-state index in [0.29, 0.717) is 0 Å². The molecule has 0 aliphatic heterocycles. The Hall–Kier alpha value is -0.560. The van der Waals surface area contributed by atoms with E-state index in [1.165, 1.54) is 0 Å². The van der Waals surface area contributed by atoms with E-state index in [4.69, 9.17) is 0 Å². The molecule has 0 atom stereocenters. The zero-order chi connectivity index (χ0) is 7.33. The lowest BCUT2D eigenvalue weighted by atomic mass is 10.5. The molecule has 1 nitrogen and oxygen atoms in total. The zero-order valence-corrected chi connectivity index (χ0v) is 6.76. The van der Waals surface area contributed by atoms with Crippen molar-refractivity contribution in [3.05, 3.63) is 24.6 Å². The first-order valence-corrected chi connectivity index (χ1v) is 3.23. The van der Waals surface area contributed by atoms with Gasteiger partial charge in [0.1, 0.15) is 0 Å². The van der Waals surface area contributed by atoms with E-state index in [9.17, 15) is 0 Å². The van der Waals surface area contributed by atoms with Gasteiger partial charge in [-0.05, 0) is 26.0 Å². The molecular formula is C8H16N+. The van der Waals surface area contributed by atoms with Crippen molar-refractivity contribution in [1.82, 2.24) is 0 Å². The van der Waals surface area contributed by atoms with Gasteiger partial charge >= 0.3 is 0 Å². The summed E-state index contributed by atoms with van der Waals surface area (Å²) in [5, 5.41) is 0. The molecule has 0 spiro atoms. The highest BCUT2D eigenvalue weighted by molar-refractivity contribution is 4.74. The van der Waals surface area contributed by atoms with Crippen molar-refractivity contribution in [3.8, 4) is 0 Å². The molecule has 0 fully saturated rings. The van der Waals surface area contributed by atoms with Gasteiger partial charge in [-0.15, -0.1) is 0 Å². The van der Waals surface area contributed by atoms with Gasteiger partial charge in [-0.25, -0.2) is 0 Å². The predicted molar refractivity (Wildman–Crippen MR) is 41.7 cm³/mol. The van der Waals surface area contributed by atoms with Crippen LogP contribution in [0.3, 0.4) is 0 Å². The number of hydrogen-bond donors (Lipinski definition) is 0. The van der Waals surface area contributed by atoms with Gasteiger partial charge in [-0.1, -0.05) is 0 Å². The first-order valence-electron chi connectivity index (χ1n) is 3.23. The topological polar surface area (TPSA) is 0 Å². The average Bonchev–Trinajstić information content (AvgIpc) is 1.64. The molecule has 0 saturated heterocycles. The van der Waals surface area contributed by atoms with Crippen LogP contribution in [0.2, 0.25) is 0 Å². The third-order valence-corrected chi connectivity index (χ3v) is 1.07. The van der Waals surface area contributed by atoms with Gasteiger partial charge < -0.3 is 0 Å². The smallest absolute Gasteiger partial charge is 0.0956 e. The predicted octanol–water partition coefficient (Wildman–Crippen LogP) is 2.13. The highest BCUT2D eigenvalue weighted by Crippen LogP contribution is 1.98. The summed E-state index contributed by atoms with van der Waals surface area (Å²) in [5.74, 6) is 0. The zero-order valence-electron chi connectivity index (χ0n) is 6.76. The summed E-state index contributed by atoms with van der Waals surface area (Å²) >= 11 is 0. The Labute approximate surface area is 57.9 Å². The Bertz CT molecular complexity index is 107. The van der Waals surface area contributed by atoms with Gasteiger partial charge in [0.25, 0.3) is 0 Å². The molecule has 0 heterocycles. The molecule has 0 radical (unpaired) electrons. The second kappa shape index (κ2) is 3.46. The Morgan fingerprint density at radius 3 is 1.44 bits per heavy atom. The van der Waals surface area contributed by atoms with Crippen molar-refractivity contribution in [2.75, 3.05) is 14.1 Å². The number of allylic oxidation sites excluding steroid dienone is 2. The maximum atomic E-state index is 2.12. The number of quaternary nitrogens is 1. The molecule has 0 aliphatic carbocycles. The molecule has 0 aromatic heterocycles. The van der Waals surface area contributed by atoms with Crippen molar-refractivity contribution in [3.63, 3.8) is 0 Å². The molecule has 0 N–H and O–H groups in total. The molecule has 0 aliphatic rings. The first-order chi connectivity index (χ1) is 4.12. The van der Waals surface area contributed by atoms with E-state index < -0.39 is 0 Å². The third-order valence-electron chi connectivity index (χ3n) is 1.07. The molecule has 0 unspecified atom stereocenters. The van der Waals surface area contributed by atoms with Crippen LogP contribution in [0.4, 0.5) is 0 Å². The van der Waals surface area contributed by atoms with Crippen LogP contribution < -0.4 is 0 Å². The molecule has 9 heavy (non-hydrogen) atoms. The van der Waals surface area contributed by atoms with E-state index in [1.807, 2.05) is 13.8 Å². The van der Waals surface area contributed by atoms with Crippen LogP contribution in [0.25, 0.3) is 0 Å². The van der Waals surface area contributed by atoms with E-state index in [-0.39, 0.29) is 0 Å². The van der Waals surface area contributed by atoms with Crippen molar-refractivity contribution < 1.29 is 4.48 Å². The fourth-order valence-electron chi connectivity index (χ4n) is 0.818. The van der Waals surface area contributed by atoms with Crippen LogP contribution in [0, 0.1) is 0 Å². The molecule has 0 bridgehead atoms. The highest BCUT2D eigenvalue weighted by atomic mass is 15.3. The molecule has 0 rings (SSSR count). The lowest BCUT2D eigenvalue weighted by Gasteiger charge is -2.18. The highest BCUT2D eigenvalue weighted by Gasteiger charge is 2.01. The van der Waals surface area contributed by atoms with E-state index in [1.54, 1.807) is 0 Å². The summed E-state index contributed by atoms with van der Waals surface area (Å²) in [4.78, 5) is 0. The normalized spacial score (nSPS) is 13.8. The molecular weight excluding hydrogens is 110 g/mol. The van der Waals surface area contributed by atoms with Gasteiger partial charge in [0.05, 0.1) is 26.5 Å². The molecule has 0 saturated carbocycles. The number of rotatable bonds is 2. The molecule has 0 aromatic carbocycles. The van der Waals surface area contributed by atoms with Gasteiger partial charge in [0, 0.05) is 0 Å². The SMILES string of the molecule is C/C=C/[N+](C)(C)/C=C/C. The monoisotopic (exact) mass is 126 g/mol. The molecule has 1 heteroatoms. The lowest BCUT2D eigenvalue weighted by Crippen LogP contribution is -2.25. The average molecular weight is 126 g/mol.